The monoisotopic (exact) mass is 341 g/mol. The molecule has 0 spiro atoms. The van der Waals surface area contributed by atoms with E-state index in [4.69, 9.17) is 0 Å². The van der Waals surface area contributed by atoms with E-state index in [1.807, 2.05) is 44.4 Å². The van der Waals surface area contributed by atoms with Crippen LogP contribution >= 0.6 is 0 Å². The molecule has 6 nitrogen and oxygen atoms in total. The zero-order chi connectivity index (χ0) is 18.2. The number of carbonyl (C=O) groups is 1. The van der Waals surface area contributed by atoms with E-state index in [9.17, 15) is 14.9 Å². The van der Waals surface area contributed by atoms with Gasteiger partial charge in [0, 0.05) is 17.7 Å². The lowest BCUT2D eigenvalue weighted by Crippen LogP contribution is -2.29. The third kappa shape index (κ3) is 5.69. The average Bonchev–Trinajstić information content (AvgIpc) is 2.61. The van der Waals surface area contributed by atoms with E-state index in [0.717, 1.165) is 24.9 Å². The summed E-state index contributed by atoms with van der Waals surface area (Å²) in [5.41, 5.74) is 1.24. The smallest absolute Gasteiger partial charge is 0.270 e. The van der Waals surface area contributed by atoms with Crippen molar-refractivity contribution < 1.29 is 9.72 Å². The van der Waals surface area contributed by atoms with Gasteiger partial charge in [-0.25, -0.2) is 0 Å². The van der Waals surface area contributed by atoms with Crippen molar-refractivity contribution in [2.75, 3.05) is 20.6 Å². The van der Waals surface area contributed by atoms with E-state index < -0.39 is 4.92 Å². The minimum atomic E-state index is -0.497. The minimum Gasteiger partial charge on any atom is -0.345 e. The first kappa shape index (κ1) is 18.6. The second-order valence-corrected chi connectivity index (χ2v) is 6.19. The zero-order valence-electron chi connectivity index (χ0n) is 14.5. The highest BCUT2D eigenvalue weighted by molar-refractivity contribution is 5.95. The summed E-state index contributed by atoms with van der Waals surface area (Å²) in [5.74, 6) is -0.303. The Morgan fingerprint density at radius 3 is 2.52 bits per heavy atom. The molecule has 0 aliphatic carbocycles. The number of nitro benzene ring substituents is 1. The Morgan fingerprint density at radius 2 is 1.88 bits per heavy atom. The van der Waals surface area contributed by atoms with Crippen LogP contribution in [0.2, 0.25) is 0 Å². The number of hydrogen-bond acceptors (Lipinski definition) is 4. The molecule has 1 amide bonds. The summed E-state index contributed by atoms with van der Waals surface area (Å²) in [6.07, 6.45) is 1.73. The van der Waals surface area contributed by atoms with Crippen molar-refractivity contribution in [1.82, 2.24) is 10.2 Å². The van der Waals surface area contributed by atoms with Crippen LogP contribution in [0.15, 0.2) is 54.6 Å². The van der Waals surface area contributed by atoms with Gasteiger partial charge < -0.3 is 10.2 Å². The van der Waals surface area contributed by atoms with Gasteiger partial charge in [-0.1, -0.05) is 36.4 Å². The lowest BCUT2D eigenvalue weighted by atomic mass is 10.0. The van der Waals surface area contributed by atoms with Crippen LogP contribution in [-0.2, 0) is 0 Å². The minimum absolute atomic E-state index is 0.0866. The van der Waals surface area contributed by atoms with Crippen LogP contribution in [0.25, 0.3) is 0 Å². The molecular weight excluding hydrogens is 318 g/mol. The SMILES string of the molecule is CN(C)CCCC(NC(=O)c1cccc([N+](=O)[O-])c1)c1ccccc1. The molecule has 2 aromatic carbocycles. The molecule has 0 radical (unpaired) electrons. The average molecular weight is 341 g/mol. The molecule has 0 aliphatic heterocycles. The Balaban J connectivity index is 2.13. The van der Waals surface area contributed by atoms with Crippen LogP contribution in [0, 0.1) is 10.1 Å². The molecule has 2 aromatic rings. The summed E-state index contributed by atoms with van der Waals surface area (Å²) in [4.78, 5) is 25.1. The van der Waals surface area contributed by atoms with Gasteiger partial charge in [0.05, 0.1) is 11.0 Å². The highest BCUT2D eigenvalue weighted by atomic mass is 16.6. The van der Waals surface area contributed by atoms with E-state index in [1.54, 1.807) is 6.07 Å². The van der Waals surface area contributed by atoms with Crippen LogP contribution in [0.5, 0.6) is 0 Å². The molecule has 6 heteroatoms. The van der Waals surface area contributed by atoms with E-state index in [-0.39, 0.29) is 17.6 Å². The first-order chi connectivity index (χ1) is 12.0. The fourth-order valence-corrected chi connectivity index (χ4v) is 2.62. The van der Waals surface area contributed by atoms with Gasteiger partial charge in [-0.2, -0.15) is 0 Å². The summed E-state index contributed by atoms with van der Waals surface area (Å²) < 4.78 is 0. The largest absolute Gasteiger partial charge is 0.345 e. The molecule has 1 atom stereocenters. The molecule has 25 heavy (non-hydrogen) atoms. The molecule has 1 N–H and O–H groups in total. The highest BCUT2D eigenvalue weighted by Gasteiger charge is 2.17. The van der Waals surface area contributed by atoms with Crippen LogP contribution in [0.3, 0.4) is 0 Å². The maximum Gasteiger partial charge on any atom is 0.270 e. The highest BCUT2D eigenvalue weighted by Crippen LogP contribution is 2.20. The second-order valence-electron chi connectivity index (χ2n) is 6.19. The molecule has 1 unspecified atom stereocenters. The number of benzene rings is 2. The second kappa shape index (κ2) is 8.94. The molecule has 0 heterocycles. The Hall–Kier alpha value is -2.73. The van der Waals surface area contributed by atoms with E-state index in [0.29, 0.717) is 5.56 Å². The number of carbonyl (C=O) groups excluding carboxylic acids is 1. The van der Waals surface area contributed by atoms with Crippen molar-refractivity contribution in [1.29, 1.82) is 0 Å². The molecule has 0 aromatic heterocycles. The van der Waals surface area contributed by atoms with Crippen molar-refractivity contribution in [3.05, 3.63) is 75.8 Å². The van der Waals surface area contributed by atoms with Crippen molar-refractivity contribution in [3.63, 3.8) is 0 Å². The quantitative estimate of drug-likeness (QED) is 0.590. The van der Waals surface area contributed by atoms with E-state index >= 15 is 0 Å². The van der Waals surface area contributed by atoms with Crippen molar-refractivity contribution in [2.24, 2.45) is 0 Å². The normalized spacial score (nSPS) is 12.0. The molecule has 0 bridgehead atoms. The number of amides is 1. The molecule has 0 aliphatic rings. The maximum atomic E-state index is 12.6. The van der Waals surface area contributed by atoms with Crippen LogP contribution in [0.4, 0.5) is 5.69 Å². The first-order valence-electron chi connectivity index (χ1n) is 8.22. The van der Waals surface area contributed by atoms with Crippen LogP contribution in [0.1, 0.15) is 34.8 Å². The van der Waals surface area contributed by atoms with Gasteiger partial charge in [0.2, 0.25) is 0 Å². The van der Waals surface area contributed by atoms with Gasteiger partial charge in [-0.3, -0.25) is 14.9 Å². The predicted molar refractivity (Wildman–Crippen MR) is 97.5 cm³/mol. The Bertz CT molecular complexity index is 717. The van der Waals surface area contributed by atoms with E-state index in [2.05, 4.69) is 10.2 Å². The molecule has 2 rings (SSSR count). The first-order valence-corrected chi connectivity index (χ1v) is 8.22. The van der Waals surface area contributed by atoms with Crippen LogP contribution in [-0.4, -0.2) is 36.4 Å². The topological polar surface area (TPSA) is 75.5 Å². The summed E-state index contributed by atoms with van der Waals surface area (Å²) in [6, 6.07) is 15.4. The number of nitro groups is 1. The summed E-state index contributed by atoms with van der Waals surface area (Å²) in [5, 5.41) is 13.9. The molecule has 0 saturated carbocycles. The number of rotatable bonds is 8. The van der Waals surface area contributed by atoms with Crippen molar-refractivity contribution in [3.8, 4) is 0 Å². The number of hydrogen-bond donors (Lipinski definition) is 1. The Kier molecular flexibility index (Phi) is 6.65. The van der Waals surface area contributed by atoms with Crippen LogP contribution < -0.4 is 5.32 Å². The van der Waals surface area contributed by atoms with Crippen molar-refractivity contribution >= 4 is 11.6 Å². The van der Waals surface area contributed by atoms with Gasteiger partial charge in [0.25, 0.3) is 11.6 Å². The predicted octanol–water partition coefficient (Wildman–Crippen LogP) is 3.41. The summed E-state index contributed by atoms with van der Waals surface area (Å²) in [6.45, 7) is 0.927. The van der Waals surface area contributed by atoms with Gasteiger partial charge in [-0.15, -0.1) is 0 Å². The van der Waals surface area contributed by atoms with E-state index in [1.165, 1.54) is 18.2 Å². The maximum absolute atomic E-state index is 12.6. The third-order valence-corrected chi connectivity index (χ3v) is 3.92. The van der Waals surface area contributed by atoms with Gasteiger partial charge in [0.15, 0.2) is 0 Å². The molecule has 0 saturated heterocycles. The molecule has 132 valence electrons. The zero-order valence-corrected chi connectivity index (χ0v) is 14.5. The van der Waals surface area contributed by atoms with Crippen molar-refractivity contribution in [2.45, 2.75) is 18.9 Å². The molecular formula is C19H23N3O3. The molecule has 0 fully saturated rings. The Labute approximate surface area is 147 Å². The van der Waals surface area contributed by atoms with Gasteiger partial charge >= 0.3 is 0 Å². The number of nitrogens with zero attached hydrogens (tertiary/aromatic N) is 2. The number of nitrogens with one attached hydrogen (secondary N) is 1. The lowest BCUT2D eigenvalue weighted by molar-refractivity contribution is -0.384. The van der Waals surface area contributed by atoms with Gasteiger partial charge in [0.1, 0.15) is 0 Å². The van der Waals surface area contributed by atoms with Gasteiger partial charge in [-0.05, 0) is 45.1 Å². The number of non-ortho nitro benzene ring substituents is 1. The standard InChI is InChI=1S/C19H23N3O3/c1-21(2)13-7-12-18(15-8-4-3-5-9-15)20-19(23)16-10-6-11-17(14-16)22(24)25/h3-6,8-11,14,18H,7,12-13H2,1-2H3,(H,20,23). The third-order valence-electron chi connectivity index (χ3n) is 3.92. The Morgan fingerprint density at radius 1 is 1.16 bits per heavy atom. The lowest BCUT2D eigenvalue weighted by Gasteiger charge is -2.20. The fourth-order valence-electron chi connectivity index (χ4n) is 2.62. The summed E-state index contributed by atoms with van der Waals surface area (Å²) in [7, 11) is 4.03. The fraction of sp³-hybridized carbons (Fsp3) is 0.316. The summed E-state index contributed by atoms with van der Waals surface area (Å²) >= 11 is 0.